The van der Waals surface area contributed by atoms with Gasteiger partial charge in [-0.2, -0.15) is 10.4 Å². The van der Waals surface area contributed by atoms with Crippen LogP contribution in [-0.2, 0) is 0 Å². The second-order valence-electron chi connectivity index (χ2n) is 3.67. The number of amidine groups is 1. The van der Waals surface area contributed by atoms with Gasteiger partial charge in [0.1, 0.15) is 12.7 Å². The number of methoxy groups -OCH3 is 1. The fourth-order valence-corrected chi connectivity index (χ4v) is 1.28. The molecule has 0 unspecified atom stereocenters. The molecule has 112 valence electrons. The molecule has 1 aromatic carbocycles. The molecule has 7 nitrogen and oxygen atoms in total. The summed E-state index contributed by atoms with van der Waals surface area (Å²) in [7, 11) is 1.36. The molecule has 9 heteroatoms. The number of benzene rings is 1. The topological polar surface area (TPSA) is 117 Å². The lowest BCUT2D eigenvalue weighted by atomic mass is 10.3. The van der Waals surface area contributed by atoms with Crippen molar-refractivity contribution in [2.75, 3.05) is 19.1 Å². The van der Waals surface area contributed by atoms with E-state index in [-0.39, 0.29) is 17.2 Å². The lowest BCUT2D eigenvalue weighted by Crippen LogP contribution is -2.21. The highest BCUT2D eigenvalue weighted by atomic mass is 19.3. The summed E-state index contributed by atoms with van der Waals surface area (Å²) in [4.78, 5) is 0. The van der Waals surface area contributed by atoms with Crippen LogP contribution in [0.25, 0.3) is 0 Å². The minimum atomic E-state index is -2.59. The fourth-order valence-electron chi connectivity index (χ4n) is 1.28. The van der Waals surface area contributed by atoms with E-state index in [4.69, 9.17) is 25.9 Å². The van der Waals surface area contributed by atoms with Crippen LogP contribution in [0, 0.1) is 16.7 Å². The SMILES string of the molecule is COc1cc(N/N=C(\C#N)C(=N)N)ccc1OCC(F)F. The third-order valence-corrected chi connectivity index (χ3v) is 2.19. The van der Waals surface area contributed by atoms with Crippen molar-refractivity contribution in [2.45, 2.75) is 6.43 Å². The van der Waals surface area contributed by atoms with Gasteiger partial charge < -0.3 is 15.2 Å². The zero-order valence-corrected chi connectivity index (χ0v) is 11.1. The number of nitrogens with one attached hydrogen (secondary N) is 2. The van der Waals surface area contributed by atoms with Gasteiger partial charge in [0.05, 0.1) is 12.8 Å². The van der Waals surface area contributed by atoms with Crippen LogP contribution < -0.4 is 20.6 Å². The van der Waals surface area contributed by atoms with Gasteiger partial charge in [0.25, 0.3) is 6.43 Å². The van der Waals surface area contributed by atoms with Gasteiger partial charge in [-0.25, -0.2) is 8.78 Å². The first-order valence-corrected chi connectivity index (χ1v) is 5.65. The molecular weight excluding hydrogens is 284 g/mol. The van der Waals surface area contributed by atoms with E-state index >= 15 is 0 Å². The number of hydrogen-bond donors (Lipinski definition) is 3. The molecule has 0 spiro atoms. The molecule has 0 saturated carbocycles. The number of rotatable bonds is 7. The normalized spacial score (nSPS) is 10.9. The number of nitriles is 1. The Morgan fingerprint density at radius 1 is 1.52 bits per heavy atom. The molecule has 0 radical (unpaired) electrons. The number of alkyl halides is 2. The molecule has 4 N–H and O–H groups in total. The third-order valence-electron chi connectivity index (χ3n) is 2.19. The lowest BCUT2D eigenvalue weighted by Gasteiger charge is -2.11. The van der Waals surface area contributed by atoms with Crippen molar-refractivity contribution in [2.24, 2.45) is 10.8 Å². The molecule has 1 aromatic rings. The van der Waals surface area contributed by atoms with Gasteiger partial charge in [0, 0.05) is 6.07 Å². The van der Waals surface area contributed by atoms with Gasteiger partial charge in [-0.15, -0.1) is 0 Å². The van der Waals surface area contributed by atoms with E-state index in [9.17, 15) is 8.78 Å². The van der Waals surface area contributed by atoms with Gasteiger partial charge >= 0.3 is 0 Å². The number of anilines is 1. The summed E-state index contributed by atoms with van der Waals surface area (Å²) in [6.45, 7) is -0.746. The Morgan fingerprint density at radius 2 is 2.24 bits per heavy atom. The maximum Gasteiger partial charge on any atom is 0.272 e. The van der Waals surface area contributed by atoms with Crippen LogP contribution in [0.15, 0.2) is 23.3 Å². The predicted molar refractivity (Wildman–Crippen MR) is 73.1 cm³/mol. The lowest BCUT2D eigenvalue weighted by molar-refractivity contribution is 0.0804. The number of ether oxygens (including phenoxy) is 2. The number of halogens is 2. The first-order chi connectivity index (χ1) is 9.97. The van der Waals surface area contributed by atoms with E-state index < -0.39 is 18.9 Å². The van der Waals surface area contributed by atoms with Gasteiger partial charge in [0.2, 0.25) is 5.71 Å². The quantitative estimate of drug-likeness (QED) is 0.401. The van der Waals surface area contributed by atoms with E-state index in [0.717, 1.165) is 0 Å². The molecule has 0 amide bonds. The van der Waals surface area contributed by atoms with Crippen molar-refractivity contribution in [3.8, 4) is 17.6 Å². The van der Waals surface area contributed by atoms with Crippen LogP contribution in [0.3, 0.4) is 0 Å². The van der Waals surface area contributed by atoms with Crippen molar-refractivity contribution < 1.29 is 18.3 Å². The Balaban J connectivity index is 2.87. The zero-order valence-electron chi connectivity index (χ0n) is 11.1. The molecule has 0 saturated heterocycles. The van der Waals surface area contributed by atoms with Crippen molar-refractivity contribution in [1.82, 2.24) is 0 Å². The fraction of sp³-hybridized carbons (Fsp3) is 0.250. The second kappa shape index (κ2) is 7.64. The predicted octanol–water partition coefficient (Wildman–Crippen LogP) is 1.57. The maximum atomic E-state index is 12.1. The Hall–Kier alpha value is -2.89. The maximum absolute atomic E-state index is 12.1. The molecule has 0 aliphatic heterocycles. The number of nitrogens with zero attached hydrogens (tertiary/aromatic N) is 2. The van der Waals surface area contributed by atoms with Gasteiger partial charge in [-0.05, 0) is 12.1 Å². The Morgan fingerprint density at radius 3 is 2.76 bits per heavy atom. The van der Waals surface area contributed by atoms with Crippen molar-refractivity contribution in [1.29, 1.82) is 10.7 Å². The summed E-state index contributed by atoms with van der Waals surface area (Å²) < 4.78 is 34.1. The molecule has 0 heterocycles. The minimum Gasteiger partial charge on any atom is -0.493 e. The molecule has 0 aromatic heterocycles. The van der Waals surface area contributed by atoms with E-state index in [1.807, 2.05) is 0 Å². The second-order valence-corrected chi connectivity index (χ2v) is 3.67. The zero-order chi connectivity index (χ0) is 15.8. The number of hydrazone groups is 1. The van der Waals surface area contributed by atoms with Gasteiger partial charge in [0.15, 0.2) is 17.3 Å². The van der Waals surface area contributed by atoms with E-state index in [1.54, 1.807) is 6.07 Å². The molecule has 0 aliphatic carbocycles. The molecule has 1 rings (SSSR count). The van der Waals surface area contributed by atoms with Crippen LogP contribution in [0.5, 0.6) is 11.5 Å². The highest BCUT2D eigenvalue weighted by Crippen LogP contribution is 2.30. The van der Waals surface area contributed by atoms with Crippen LogP contribution in [0.4, 0.5) is 14.5 Å². The first kappa shape index (κ1) is 16.2. The largest absolute Gasteiger partial charge is 0.493 e. The molecule has 0 atom stereocenters. The first-order valence-electron chi connectivity index (χ1n) is 5.65. The highest BCUT2D eigenvalue weighted by molar-refractivity contribution is 6.45. The summed E-state index contributed by atoms with van der Waals surface area (Å²) in [5, 5.41) is 19.4. The third kappa shape index (κ3) is 4.94. The van der Waals surface area contributed by atoms with Crippen molar-refractivity contribution in [3.63, 3.8) is 0 Å². The van der Waals surface area contributed by atoms with Crippen LogP contribution >= 0.6 is 0 Å². The van der Waals surface area contributed by atoms with Crippen molar-refractivity contribution >= 4 is 17.2 Å². The average Bonchev–Trinajstić information content (AvgIpc) is 2.45. The monoisotopic (exact) mass is 297 g/mol. The number of hydrogen-bond acceptors (Lipinski definition) is 6. The van der Waals surface area contributed by atoms with Crippen LogP contribution in [-0.4, -0.2) is 31.7 Å². The van der Waals surface area contributed by atoms with Crippen LogP contribution in [0.2, 0.25) is 0 Å². The standard InChI is InChI=1S/C12H13F2N5O2/c1-20-10-4-7(18-19-8(5-15)12(16)17)2-3-9(10)21-6-11(13)14/h2-4,11,18H,6H2,1H3,(H3,16,17)/b19-8+. The van der Waals surface area contributed by atoms with Gasteiger partial charge in [-0.3, -0.25) is 10.8 Å². The molecule has 0 fully saturated rings. The Bertz CT molecular complexity index is 584. The molecule has 21 heavy (non-hydrogen) atoms. The summed E-state index contributed by atoms with van der Waals surface area (Å²) >= 11 is 0. The van der Waals surface area contributed by atoms with E-state index in [2.05, 4.69) is 10.5 Å². The summed E-state index contributed by atoms with van der Waals surface area (Å²) in [6, 6.07) is 5.99. The molecular formula is C12H13F2N5O2. The summed E-state index contributed by atoms with van der Waals surface area (Å²) in [5.74, 6) is -0.106. The van der Waals surface area contributed by atoms with E-state index in [1.165, 1.54) is 25.3 Å². The highest BCUT2D eigenvalue weighted by Gasteiger charge is 2.09. The minimum absolute atomic E-state index is 0.152. The van der Waals surface area contributed by atoms with E-state index in [0.29, 0.717) is 5.69 Å². The van der Waals surface area contributed by atoms with Gasteiger partial charge in [-0.1, -0.05) is 0 Å². The Kier molecular flexibility index (Phi) is 5.88. The number of nitrogens with two attached hydrogens (primary N) is 1. The smallest absolute Gasteiger partial charge is 0.272 e. The summed E-state index contributed by atoms with van der Waals surface area (Å²) in [5.41, 5.74) is 7.76. The van der Waals surface area contributed by atoms with Crippen molar-refractivity contribution in [3.05, 3.63) is 18.2 Å². The summed E-state index contributed by atoms with van der Waals surface area (Å²) in [6.07, 6.45) is -2.59. The Labute approximate surface area is 119 Å². The average molecular weight is 297 g/mol. The molecule has 0 bridgehead atoms. The van der Waals surface area contributed by atoms with Crippen LogP contribution in [0.1, 0.15) is 0 Å². The molecule has 0 aliphatic rings.